The molecule has 2 N–H and O–H groups in total. The highest BCUT2D eigenvalue weighted by molar-refractivity contribution is 5.91. The molecule has 0 atom stereocenters. The highest BCUT2D eigenvalue weighted by atomic mass is 16.2. The number of H-pyrrole nitrogens is 1. The van der Waals surface area contributed by atoms with E-state index in [4.69, 9.17) is 0 Å². The van der Waals surface area contributed by atoms with Crippen molar-refractivity contribution in [3.8, 4) is 11.4 Å². The molecule has 4 aromatic rings. The number of para-hydroxylation sites is 1. The van der Waals surface area contributed by atoms with E-state index in [1.165, 1.54) is 0 Å². The van der Waals surface area contributed by atoms with Gasteiger partial charge in [0.2, 0.25) is 11.9 Å². The van der Waals surface area contributed by atoms with Crippen molar-refractivity contribution in [3.63, 3.8) is 0 Å². The number of carbonyl (C=O) groups excluding carboxylic acids is 1. The molecule has 0 spiro atoms. The van der Waals surface area contributed by atoms with Crippen molar-refractivity contribution in [2.75, 3.05) is 36.4 Å². The quantitative estimate of drug-likeness (QED) is 0.533. The second kappa shape index (κ2) is 8.06. The first-order chi connectivity index (χ1) is 15.2. The molecule has 1 fully saturated rings. The molecule has 2 aromatic heterocycles. The van der Waals surface area contributed by atoms with E-state index >= 15 is 0 Å². The number of aromatic nitrogens is 4. The van der Waals surface area contributed by atoms with E-state index in [-0.39, 0.29) is 5.91 Å². The molecule has 0 radical (unpaired) electrons. The molecule has 0 saturated carbocycles. The van der Waals surface area contributed by atoms with Gasteiger partial charge < -0.3 is 15.1 Å². The van der Waals surface area contributed by atoms with Gasteiger partial charge in [0.15, 0.2) is 0 Å². The molecule has 31 heavy (non-hydrogen) atoms. The van der Waals surface area contributed by atoms with Crippen molar-refractivity contribution in [1.29, 1.82) is 0 Å². The Morgan fingerprint density at radius 2 is 1.77 bits per heavy atom. The third-order valence-electron chi connectivity index (χ3n) is 5.58. The Balaban J connectivity index is 1.30. The Bertz CT molecular complexity index is 1210. The number of benzene rings is 2. The van der Waals surface area contributed by atoms with Crippen LogP contribution in [0.3, 0.4) is 0 Å². The lowest BCUT2D eigenvalue weighted by molar-refractivity contribution is -0.129. The van der Waals surface area contributed by atoms with Crippen LogP contribution in [0, 0.1) is 0 Å². The van der Waals surface area contributed by atoms with E-state index in [1.54, 1.807) is 13.1 Å². The molecule has 8 nitrogen and oxygen atoms in total. The smallest absolute Gasteiger partial charge is 0.227 e. The number of carbonyl (C=O) groups is 1. The Labute approximate surface area is 179 Å². The summed E-state index contributed by atoms with van der Waals surface area (Å²) in [4.78, 5) is 24.7. The molecule has 5 rings (SSSR count). The van der Waals surface area contributed by atoms with Gasteiger partial charge in [-0.05, 0) is 36.4 Å². The molecule has 1 aliphatic rings. The van der Waals surface area contributed by atoms with Crippen molar-refractivity contribution in [2.24, 2.45) is 0 Å². The highest BCUT2D eigenvalue weighted by Crippen LogP contribution is 2.26. The van der Waals surface area contributed by atoms with Crippen LogP contribution in [0.1, 0.15) is 6.92 Å². The maximum atomic E-state index is 11.5. The Morgan fingerprint density at radius 3 is 2.55 bits per heavy atom. The number of hydrogen-bond acceptors (Lipinski definition) is 6. The average Bonchev–Trinajstić information content (AvgIpc) is 3.24. The fourth-order valence-electron chi connectivity index (χ4n) is 3.87. The van der Waals surface area contributed by atoms with Crippen molar-refractivity contribution in [2.45, 2.75) is 6.92 Å². The minimum Gasteiger partial charge on any atom is -0.368 e. The van der Waals surface area contributed by atoms with Crippen LogP contribution < -0.4 is 10.2 Å². The van der Waals surface area contributed by atoms with Gasteiger partial charge >= 0.3 is 0 Å². The SMILES string of the molecule is CC(=O)N1CCN(c2ccc(Nc3nccc(-c4n[nH]c5ccccc45)n3)cc2)CC1. The Morgan fingerprint density at radius 1 is 1.00 bits per heavy atom. The summed E-state index contributed by atoms with van der Waals surface area (Å²) in [6.45, 7) is 4.84. The number of hydrogen-bond donors (Lipinski definition) is 2. The standard InChI is InChI=1S/C23H23N7O/c1-16(31)29-12-14-30(15-13-29)18-8-6-17(7-9-18)25-23-24-11-10-21(26-23)22-19-4-2-3-5-20(19)27-28-22/h2-11H,12-15H2,1H3,(H,27,28)(H,24,25,26). The number of aromatic amines is 1. The van der Waals surface area contributed by atoms with Crippen LogP contribution in [0.2, 0.25) is 0 Å². The van der Waals surface area contributed by atoms with Gasteiger partial charge in [0.05, 0.1) is 11.2 Å². The van der Waals surface area contributed by atoms with E-state index in [0.717, 1.165) is 59.8 Å². The number of fused-ring (bicyclic) bond motifs is 1. The minimum atomic E-state index is 0.143. The van der Waals surface area contributed by atoms with Crippen molar-refractivity contribution < 1.29 is 4.79 Å². The number of anilines is 3. The predicted molar refractivity (Wildman–Crippen MR) is 121 cm³/mol. The largest absolute Gasteiger partial charge is 0.368 e. The van der Waals surface area contributed by atoms with Crippen molar-refractivity contribution >= 4 is 34.1 Å². The van der Waals surface area contributed by atoms with E-state index in [1.807, 2.05) is 47.4 Å². The maximum absolute atomic E-state index is 11.5. The number of piperazine rings is 1. The molecule has 2 aromatic carbocycles. The van der Waals surface area contributed by atoms with Crippen LogP contribution in [0.4, 0.5) is 17.3 Å². The molecular formula is C23H23N7O. The van der Waals surface area contributed by atoms with Gasteiger partial charge in [0.1, 0.15) is 5.69 Å². The lowest BCUT2D eigenvalue weighted by Gasteiger charge is -2.35. The zero-order valence-electron chi connectivity index (χ0n) is 17.2. The van der Waals surface area contributed by atoms with Gasteiger partial charge in [-0.25, -0.2) is 9.97 Å². The number of rotatable bonds is 4. The normalized spacial score (nSPS) is 14.1. The first-order valence-electron chi connectivity index (χ1n) is 10.3. The van der Waals surface area contributed by atoms with E-state index in [2.05, 4.69) is 42.5 Å². The molecule has 1 aliphatic heterocycles. The lowest BCUT2D eigenvalue weighted by atomic mass is 10.1. The van der Waals surface area contributed by atoms with E-state index in [9.17, 15) is 4.79 Å². The number of nitrogens with zero attached hydrogens (tertiary/aromatic N) is 5. The monoisotopic (exact) mass is 413 g/mol. The molecule has 0 bridgehead atoms. The van der Waals surface area contributed by atoms with Crippen molar-refractivity contribution in [3.05, 3.63) is 60.8 Å². The van der Waals surface area contributed by atoms with E-state index < -0.39 is 0 Å². The minimum absolute atomic E-state index is 0.143. The Hall–Kier alpha value is -3.94. The van der Waals surface area contributed by atoms with E-state index in [0.29, 0.717) is 5.95 Å². The van der Waals surface area contributed by atoms with Gasteiger partial charge in [-0.3, -0.25) is 9.89 Å². The molecule has 3 heterocycles. The van der Waals surface area contributed by atoms with Gasteiger partial charge in [-0.1, -0.05) is 18.2 Å². The average molecular weight is 413 g/mol. The second-order valence-electron chi connectivity index (χ2n) is 7.55. The van der Waals surface area contributed by atoms with Crippen LogP contribution >= 0.6 is 0 Å². The molecule has 1 saturated heterocycles. The van der Waals surface area contributed by atoms with Crippen LogP contribution in [0.25, 0.3) is 22.3 Å². The van der Waals surface area contributed by atoms with Gasteiger partial charge in [0.25, 0.3) is 0 Å². The third kappa shape index (κ3) is 3.92. The number of nitrogens with one attached hydrogen (secondary N) is 2. The zero-order chi connectivity index (χ0) is 21.2. The molecule has 1 amide bonds. The second-order valence-corrected chi connectivity index (χ2v) is 7.55. The van der Waals surface area contributed by atoms with Crippen LogP contribution in [-0.2, 0) is 4.79 Å². The fraction of sp³-hybridized carbons (Fsp3) is 0.217. The summed E-state index contributed by atoms with van der Waals surface area (Å²) in [5.74, 6) is 0.664. The first-order valence-corrected chi connectivity index (χ1v) is 10.3. The van der Waals surface area contributed by atoms with Gasteiger partial charge in [-0.15, -0.1) is 0 Å². The molecule has 8 heteroatoms. The summed E-state index contributed by atoms with van der Waals surface area (Å²) in [6.07, 6.45) is 1.73. The number of amides is 1. The van der Waals surface area contributed by atoms with Gasteiger partial charge in [-0.2, -0.15) is 5.10 Å². The third-order valence-corrected chi connectivity index (χ3v) is 5.58. The summed E-state index contributed by atoms with van der Waals surface area (Å²) >= 11 is 0. The fourth-order valence-corrected chi connectivity index (χ4v) is 3.87. The summed E-state index contributed by atoms with van der Waals surface area (Å²) in [7, 11) is 0. The topological polar surface area (TPSA) is 90.0 Å². The zero-order valence-corrected chi connectivity index (χ0v) is 17.2. The molecule has 156 valence electrons. The predicted octanol–water partition coefficient (Wildman–Crippen LogP) is 3.43. The summed E-state index contributed by atoms with van der Waals surface area (Å²) < 4.78 is 0. The molecular weight excluding hydrogens is 390 g/mol. The van der Waals surface area contributed by atoms with Crippen molar-refractivity contribution in [1.82, 2.24) is 25.1 Å². The maximum Gasteiger partial charge on any atom is 0.227 e. The lowest BCUT2D eigenvalue weighted by Crippen LogP contribution is -2.48. The summed E-state index contributed by atoms with van der Waals surface area (Å²) in [6, 6.07) is 18.0. The van der Waals surface area contributed by atoms with Crippen LogP contribution in [0.5, 0.6) is 0 Å². The first kappa shape index (κ1) is 19.0. The van der Waals surface area contributed by atoms with Gasteiger partial charge in [0, 0.05) is 56.1 Å². The van der Waals surface area contributed by atoms with Crippen LogP contribution in [-0.4, -0.2) is 57.2 Å². The summed E-state index contributed by atoms with van der Waals surface area (Å²) in [5.41, 5.74) is 4.60. The highest BCUT2D eigenvalue weighted by Gasteiger charge is 2.18. The summed E-state index contributed by atoms with van der Waals surface area (Å²) in [5, 5.41) is 11.8. The molecule has 0 aliphatic carbocycles. The Kier molecular flexibility index (Phi) is 4.95. The molecule has 0 unspecified atom stereocenters. The van der Waals surface area contributed by atoms with Crippen LogP contribution in [0.15, 0.2) is 60.8 Å².